The zero-order chi connectivity index (χ0) is 14.8. The van der Waals surface area contributed by atoms with Crippen LogP contribution in [0.2, 0.25) is 0 Å². The molecule has 0 unspecified atom stereocenters. The summed E-state index contributed by atoms with van der Waals surface area (Å²) < 4.78 is 24.1. The first-order valence-corrected chi connectivity index (χ1v) is 7.18. The molecule has 0 N–H and O–H groups in total. The standard InChI is InChI=1S/C16H19FN2O2/c1-11-9-20-12(2)7-19(11)8-15-10-21-16(18-15)13-3-5-14(17)6-4-13/h3-6,10-12H,7-9H2,1-2H3/t11-,12-/m0/s1. The van der Waals surface area contributed by atoms with Crippen molar-refractivity contribution in [3.8, 4) is 11.5 Å². The molecule has 112 valence electrons. The van der Waals surface area contributed by atoms with Crippen LogP contribution in [0.25, 0.3) is 11.5 Å². The minimum absolute atomic E-state index is 0.240. The summed E-state index contributed by atoms with van der Waals surface area (Å²) in [5, 5.41) is 0. The fourth-order valence-electron chi connectivity index (χ4n) is 2.50. The Labute approximate surface area is 123 Å². The monoisotopic (exact) mass is 290 g/mol. The third kappa shape index (κ3) is 3.31. The third-order valence-electron chi connectivity index (χ3n) is 3.74. The van der Waals surface area contributed by atoms with Gasteiger partial charge < -0.3 is 9.15 Å². The first kappa shape index (κ1) is 14.2. The highest BCUT2D eigenvalue weighted by Gasteiger charge is 2.24. The summed E-state index contributed by atoms with van der Waals surface area (Å²) in [5.41, 5.74) is 1.67. The molecule has 1 aromatic carbocycles. The van der Waals surface area contributed by atoms with Crippen molar-refractivity contribution in [1.82, 2.24) is 9.88 Å². The molecule has 0 saturated carbocycles. The summed E-state index contributed by atoms with van der Waals surface area (Å²) >= 11 is 0. The molecule has 0 radical (unpaired) electrons. The summed E-state index contributed by atoms with van der Waals surface area (Å²) in [6.45, 7) is 6.59. The van der Waals surface area contributed by atoms with Crippen LogP contribution in [0.5, 0.6) is 0 Å². The molecule has 2 heterocycles. The summed E-state index contributed by atoms with van der Waals surface area (Å²) in [6, 6.07) is 6.53. The Morgan fingerprint density at radius 1 is 1.29 bits per heavy atom. The minimum Gasteiger partial charge on any atom is -0.444 e. The van der Waals surface area contributed by atoms with E-state index in [1.54, 1.807) is 18.4 Å². The Hall–Kier alpha value is -1.72. The molecule has 5 heteroatoms. The van der Waals surface area contributed by atoms with E-state index in [0.717, 1.165) is 31.0 Å². The maximum atomic E-state index is 12.9. The molecule has 0 bridgehead atoms. The van der Waals surface area contributed by atoms with Gasteiger partial charge in [-0.15, -0.1) is 0 Å². The number of morpholine rings is 1. The van der Waals surface area contributed by atoms with E-state index in [1.165, 1.54) is 12.1 Å². The van der Waals surface area contributed by atoms with Gasteiger partial charge in [0.05, 0.1) is 18.4 Å². The quantitative estimate of drug-likeness (QED) is 0.870. The molecule has 2 atom stereocenters. The highest BCUT2D eigenvalue weighted by Crippen LogP contribution is 2.21. The summed E-state index contributed by atoms with van der Waals surface area (Å²) in [5.74, 6) is 0.264. The number of aromatic nitrogens is 1. The second-order valence-corrected chi connectivity index (χ2v) is 5.57. The normalized spacial score (nSPS) is 23.4. The predicted octanol–water partition coefficient (Wildman–Crippen LogP) is 3.09. The lowest BCUT2D eigenvalue weighted by Crippen LogP contribution is -2.46. The Balaban J connectivity index is 1.71. The smallest absolute Gasteiger partial charge is 0.226 e. The van der Waals surface area contributed by atoms with Gasteiger partial charge in [0.2, 0.25) is 5.89 Å². The van der Waals surface area contributed by atoms with Gasteiger partial charge in [0.25, 0.3) is 0 Å². The average Bonchev–Trinajstić information content (AvgIpc) is 2.92. The van der Waals surface area contributed by atoms with Crippen molar-refractivity contribution in [3.05, 3.63) is 42.0 Å². The highest BCUT2D eigenvalue weighted by molar-refractivity contribution is 5.52. The zero-order valence-corrected chi connectivity index (χ0v) is 12.3. The highest BCUT2D eigenvalue weighted by atomic mass is 19.1. The molecule has 1 saturated heterocycles. The molecule has 2 aromatic rings. The van der Waals surface area contributed by atoms with E-state index in [9.17, 15) is 4.39 Å². The van der Waals surface area contributed by atoms with Crippen LogP contribution in [0.15, 0.2) is 34.9 Å². The number of rotatable bonds is 3. The van der Waals surface area contributed by atoms with E-state index in [-0.39, 0.29) is 11.9 Å². The average molecular weight is 290 g/mol. The Morgan fingerprint density at radius 3 is 2.81 bits per heavy atom. The van der Waals surface area contributed by atoms with Crippen molar-refractivity contribution in [2.45, 2.75) is 32.5 Å². The number of benzene rings is 1. The van der Waals surface area contributed by atoms with Crippen molar-refractivity contribution in [1.29, 1.82) is 0 Å². The van der Waals surface area contributed by atoms with Gasteiger partial charge in [-0.2, -0.15) is 0 Å². The number of hydrogen-bond acceptors (Lipinski definition) is 4. The largest absolute Gasteiger partial charge is 0.444 e. The summed E-state index contributed by atoms with van der Waals surface area (Å²) in [6.07, 6.45) is 1.91. The Kier molecular flexibility index (Phi) is 4.03. The van der Waals surface area contributed by atoms with Gasteiger partial charge in [0.1, 0.15) is 12.1 Å². The van der Waals surface area contributed by atoms with Gasteiger partial charge in [-0.25, -0.2) is 9.37 Å². The second kappa shape index (κ2) is 5.95. The summed E-state index contributed by atoms with van der Waals surface area (Å²) in [7, 11) is 0. The zero-order valence-electron chi connectivity index (χ0n) is 12.3. The van der Waals surface area contributed by atoms with E-state index in [2.05, 4.69) is 23.7 Å². The van der Waals surface area contributed by atoms with Crippen molar-refractivity contribution in [3.63, 3.8) is 0 Å². The lowest BCUT2D eigenvalue weighted by atomic mass is 10.2. The van der Waals surface area contributed by atoms with E-state index >= 15 is 0 Å². The summed E-state index contributed by atoms with van der Waals surface area (Å²) in [4.78, 5) is 6.83. The lowest BCUT2D eigenvalue weighted by Gasteiger charge is -2.36. The Morgan fingerprint density at radius 2 is 2.05 bits per heavy atom. The van der Waals surface area contributed by atoms with Crippen LogP contribution in [0.4, 0.5) is 4.39 Å². The molecule has 21 heavy (non-hydrogen) atoms. The molecule has 0 amide bonds. The molecular weight excluding hydrogens is 271 g/mol. The predicted molar refractivity (Wildman–Crippen MR) is 77.2 cm³/mol. The van der Waals surface area contributed by atoms with Gasteiger partial charge >= 0.3 is 0 Å². The van der Waals surface area contributed by atoms with Gasteiger partial charge in [0.15, 0.2) is 0 Å². The number of hydrogen-bond donors (Lipinski definition) is 0. The fourth-order valence-corrected chi connectivity index (χ4v) is 2.50. The topological polar surface area (TPSA) is 38.5 Å². The molecule has 4 nitrogen and oxygen atoms in total. The van der Waals surface area contributed by atoms with Crippen LogP contribution >= 0.6 is 0 Å². The maximum absolute atomic E-state index is 12.9. The fraction of sp³-hybridized carbons (Fsp3) is 0.438. The van der Waals surface area contributed by atoms with Crippen LogP contribution in [0.1, 0.15) is 19.5 Å². The minimum atomic E-state index is -0.262. The van der Waals surface area contributed by atoms with Crippen LogP contribution in [0, 0.1) is 5.82 Å². The number of ether oxygens (including phenoxy) is 1. The van der Waals surface area contributed by atoms with Gasteiger partial charge in [-0.05, 0) is 38.1 Å². The first-order valence-electron chi connectivity index (χ1n) is 7.18. The molecule has 1 aromatic heterocycles. The van der Waals surface area contributed by atoms with Crippen molar-refractivity contribution in [2.24, 2.45) is 0 Å². The van der Waals surface area contributed by atoms with E-state index in [1.807, 2.05) is 0 Å². The van der Waals surface area contributed by atoms with Crippen molar-refractivity contribution < 1.29 is 13.5 Å². The number of oxazole rings is 1. The molecule has 0 spiro atoms. The van der Waals surface area contributed by atoms with Crippen LogP contribution in [-0.4, -0.2) is 35.2 Å². The second-order valence-electron chi connectivity index (χ2n) is 5.57. The van der Waals surface area contributed by atoms with Crippen LogP contribution < -0.4 is 0 Å². The van der Waals surface area contributed by atoms with Crippen molar-refractivity contribution >= 4 is 0 Å². The SMILES string of the molecule is C[C@H]1CN(Cc2coc(-c3ccc(F)cc3)n2)[C@@H](C)CO1. The number of halogens is 1. The molecule has 3 rings (SSSR count). The van der Waals surface area contributed by atoms with E-state index < -0.39 is 0 Å². The number of nitrogens with zero attached hydrogens (tertiary/aromatic N) is 2. The Bertz CT molecular complexity index is 597. The molecule has 1 fully saturated rings. The lowest BCUT2D eigenvalue weighted by molar-refractivity contribution is -0.0530. The third-order valence-corrected chi connectivity index (χ3v) is 3.74. The maximum Gasteiger partial charge on any atom is 0.226 e. The molecule has 1 aliphatic rings. The molecule has 1 aliphatic heterocycles. The molecule has 0 aliphatic carbocycles. The van der Waals surface area contributed by atoms with Crippen molar-refractivity contribution in [2.75, 3.05) is 13.2 Å². The molecular formula is C16H19FN2O2. The van der Waals surface area contributed by atoms with E-state index in [0.29, 0.717) is 11.9 Å². The first-order chi connectivity index (χ1) is 10.1. The van der Waals surface area contributed by atoms with E-state index in [4.69, 9.17) is 9.15 Å². The van der Waals surface area contributed by atoms with Gasteiger partial charge in [-0.1, -0.05) is 0 Å². The van der Waals surface area contributed by atoms with Gasteiger partial charge in [-0.3, -0.25) is 4.90 Å². The van der Waals surface area contributed by atoms with Crippen LogP contribution in [-0.2, 0) is 11.3 Å². The van der Waals surface area contributed by atoms with Crippen LogP contribution in [0.3, 0.4) is 0 Å². The van der Waals surface area contributed by atoms with Gasteiger partial charge in [0, 0.05) is 24.7 Å².